The van der Waals surface area contributed by atoms with Crippen molar-refractivity contribution in [3.8, 4) is 0 Å². The van der Waals surface area contributed by atoms with Gasteiger partial charge in [0.1, 0.15) is 24.4 Å². The average Bonchev–Trinajstić information content (AvgIpc) is 3.27. The van der Waals surface area contributed by atoms with Gasteiger partial charge in [0, 0.05) is 6.42 Å². The van der Waals surface area contributed by atoms with Gasteiger partial charge in [-0.2, -0.15) is 0 Å². The molecule has 1 aliphatic heterocycles. The van der Waals surface area contributed by atoms with Gasteiger partial charge >= 0.3 is 0 Å². The Labute approximate surface area is 383 Å². The van der Waals surface area contributed by atoms with Crippen LogP contribution in [0, 0.1) is 0 Å². The molecule has 9 nitrogen and oxygen atoms in total. The van der Waals surface area contributed by atoms with Crippen LogP contribution >= 0.6 is 0 Å². The lowest BCUT2D eigenvalue weighted by Crippen LogP contribution is -2.60. The van der Waals surface area contributed by atoms with E-state index in [1.807, 2.05) is 0 Å². The molecule has 0 aromatic carbocycles. The quantitative estimate of drug-likeness (QED) is 0.0331. The monoisotopic (exact) mass is 884 g/mol. The molecule has 1 heterocycles. The molecule has 6 N–H and O–H groups in total. The minimum Gasteiger partial charge on any atom is -0.394 e. The third-order valence-corrected chi connectivity index (χ3v) is 13.5. The number of amides is 1. The summed E-state index contributed by atoms with van der Waals surface area (Å²) in [6.07, 6.45) is 44.0. The van der Waals surface area contributed by atoms with Crippen molar-refractivity contribution >= 4 is 5.91 Å². The van der Waals surface area contributed by atoms with Crippen LogP contribution in [0.4, 0.5) is 0 Å². The van der Waals surface area contributed by atoms with Gasteiger partial charge in [-0.3, -0.25) is 4.79 Å². The zero-order valence-electron chi connectivity index (χ0n) is 40.9. The molecular weight excluding hydrogens is 779 g/mol. The molecule has 62 heavy (non-hydrogen) atoms. The number of nitrogens with one attached hydrogen (secondary N) is 1. The summed E-state index contributed by atoms with van der Waals surface area (Å²) in [6, 6.07) is -0.712. The summed E-state index contributed by atoms with van der Waals surface area (Å²) in [5.41, 5.74) is 0. The zero-order valence-corrected chi connectivity index (χ0v) is 40.9. The number of carbonyl (C=O) groups is 1. The van der Waals surface area contributed by atoms with E-state index in [-0.39, 0.29) is 12.5 Å². The minimum atomic E-state index is -1.55. The molecule has 370 valence electrons. The number of hydrogen-bond donors (Lipinski definition) is 6. The number of ether oxygens (including phenoxy) is 2. The summed E-state index contributed by atoms with van der Waals surface area (Å²) in [5.74, 6) is -0.137. The first-order chi connectivity index (χ1) is 30.3. The summed E-state index contributed by atoms with van der Waals surface area (Å²) >= 11 is 0. The largest absolute Gasteiger partial charge is 0.394 e. The van der Waals surface area contributed by atoms with Crippen molar-refractivity contribution in [2.24, 2.45) is 0 Å². The third-order valence-electron chi connectivity index (χ3n) is 13.5. The third kappa shape index (κ3) is 33.6. The molecular formula is C53H105NO8. The highest BCUT2D eigenvalue weighted by Gasteiger charge is 2.44. The van der Waals surface area contributed by atoms with Crippen molar-refractivity contribution in [2.75, 3.05) is 13.2 Å². The molecule has 0 radical (unpaired) electrons. The van der Waals surface area contributed by atoms with E-state index in [0.717, 1.165) is 38.5 Å². The molecule has 1 fully saturated rings. The highest BCUT2D eigenvalue weighted by molar-refractivity contribution is 5.76. The molecule has 2 unspecified atom stereocenters. The van der Waals surface area contributed by atoms with E-state index in [1.54, 1.807) is 0 Å². The van der Waals surface area contributed by atoms with E-state index in [1.165, 1.54) is 212 Å². The van der Waals surface area contributed by atoms with E-state index < -0.39 is 49.5 Å². The van der Waals surface area contributed by atoms with Crippen LogP contribution in [0.15, 0.2) is 0 Å². The Morgan fingerprint density at radius 2 is 0.806 bits per heavy atom. The molecule has 1 amide bonds. The van der Waals surface area contributed by atoms with Gasteiger partial charge in [-0.15, -0.1) is 0 Å². The van der Waals surface area contributed by atoms with Crippen molar-refractivity contribution < 1.29 is 39.8 Å². The summed E-state index contributed by atoms with van der Waals surface area (Å²) in [7, 11) is 0. The predicted octanol–water partition coefficient (Wildman–Crippen LogP) is 12.7. The van der Waals surface area contributed by atoms with Gasteiger partial charge < -0.3 is 40.3 Å². The molecule has 9 heteroatoms. The van der Waals surface area contributed by atoms with Crippen molar-refractivity contribution in [2.45, 2.75) is 320 Å². The fourth-order valence-electron chi connectivity index (χ4n) is 9.11. The van der Waals surface area contributed by atoms with Gasteiger partial charge in [-0.1, -0.05) is 258 Å². The molecule has 0 spiro atoms. The second-order valence-electron chi connectivity index (χ2n) is 19.4. The van der Waals surface area contributed by atoms with E-state index in [9.17, 15) is 30.3 Å². The summed E-state index contributed by atoms with van der Waals surface area (Å²) in [5, 5.41) is 54.6. The number of aliphatic hydroxyl groups excluding tert-OH is 5. The highest BCUT2D eigenvalue weighted by Crippen LogP contribution is 2.23. The standard InChI is InChI=1S/C53H105NO8/c1-3-5-7-9-11-13-15-17-19-21-22-23-24-25-27-29-31-33-35-37-39-41-43-49(57)54-46(45-61-53-52(60)51(59)50(58)48(44-55)62-53)47(56)42-40-38-36-34-32-30-28-26-20-18-16-14-12-10-8-6-4-2/h46-48,50-53,55-56,58-60H,3-45H2,1-2H3,(H,54,57)/t46-,47+,48+,50-,51?,52?,53+/m0/s1. The average molecular weight is 884 g/mol. The lowest BCUT2D eigenvalue weighted by atomic mass is 9.99. The second kappa shape index (κ2) is 44.0. The lowest BCUT2D eigenvalue weighted by Gasteiger charge is -2.40. The van der Waals surface area contributed by atoms with Crippen molar-refractivity contribution in [1.82, 2.24) is 5.32 Å². The van der Waals surface area contributed by atoms with E-state index >= 15 is 0 Å². The molecule has 1 rings (SSSR count). The SMILES string of the molecule is CCCCCCCCCCCCCCCCCCCCCCCCC(=O)N[C@@H](CO[C@@H]1O[C@H](CO)[C@H](O)C(O)C1O)[C@H](O)CCCCCCCCCCCCCCCCCCC. The number of rotatable bonds is 47. The summed E-state index contributed by atoms with van der Waals surface area (Å²) in [6.45, 7) is 3.88. The Hall–Kier alpha value is -0.810. The van der Waals surface area contributed by atoms with Crippen LogP contribution in [0.25, 0.3) is 0 Å². The first-order valence-electron chi connectivity index (χ1n) is 27.2. The minimum absolute atomic E-state index is 0.131. The maximum atomic E-state index is 13.0. The van der Waals surface area contributed by atoms with Gasteiger partial charge in [0.05, 0.1) is 25.4 Å². The van der Waals surface area contributed by atoms with Gasteiger partial charge in [0.25, 0.3) is 0 Å². The number of hydrogen-bond acceptors (Lipinski definition) is 8. The van der Waals surface area contributed by atoms with Crippen LogP contribution in [0.1, 0.15) is 277 Å². The van der Waals surface area contributed by atoms with E-state index in [4.69, 9.17) is 9.47 Å². The van der Waals surface area contributed by atoms with Gasteiger partial charge in [0.2, 0.25) is 5.91 Å². The van der Waals surface area contributed by atoms with E-state index in [0.29, 0.717) is 12.8 Å². The number of carbonyl (C=O) groups excluding carboxylic acids is 1. The van der Waals surface area contributed by atoms with Crippen molar-refractivity contribution in [3.05, 3.63) is 0 Å². The lowest BCUT2D eigenvalue weighted by molar-refractivity contribution is -0.302. The van der Waals surface area contributed by atoms with Crippen LogP contribution in [0.3, 0.4) is 0 Å². The summed E-state index contributed by atoms with van der Waals surface area (Å²) in [4.78, 5) is 13.0. The smallest absolute Gasteiger partial charge is 0.220 e. The Morgan fingerprint density at radius 1 is 0.484 bits per heavy atom. The van der Waals surface area contributed by atoms with E-state index in [2.05, 4.69) is 19.2 Å². The fourth-order valence-corrected chi connectivity index (χ4v) is 9.11. The first kappa shape index (κ1) is 59.2. The number of unbranched alkanes of at least 4 members (excludes halogenated alkanes) is 37. The van der Waals surface area contributed by atoms with Crippen molar-refractivity contribution in [3.63, 3.8) is 0 Å². The Kier molecular flexibility index (Phi) is 42.1. The van der Waals surface area contributed by atoms with Crippen LogP contribution in [0.5, 0.6) is 0 Å². The molecule has 0 aromatic rings. The van der Waals surface area contributed by atoms with Crippen LogP contribution < -0.4 is 5.32 Å². The molecule has 1 aliphatic rings. The van der Waals surface area contributed by atoms with Crippen molar-refractivity contribution in [1.29, 1.82) is 0 Å². The molecule has 7 atom stereocenters. The van der Waals surface area contributed by atoms with Gasteiger partial charge in [-0.25, -0.2) is 0 Å². The zero-order chi connectivity index (χ0) is 45.1. The number of aliphatic hydroxyl groups is 5. The second-order valence-corrected chi connectivity index (χ2v) is 19.4. The van der Waals surface area contributed by atoms with Gasteiger partial charge in [-0.05, 0) is 12.8 Å². The maximum absolute atomic E-state index is 13.0. The topological polar surface area (TPSA) is 149 Å². The Bertz CT molecular complexity index is 939. The molecule has 0 aliphatic carbocycles. The van der Waals surface area contributed by atoms with Crippen LogP contribution in [0.2, 0.25) is 0 Å². The normalized spacial score (nSPS) is 20.1. The molecule has 0 saturated carbocycles. The Balaban J connectivity index is 2.21. The first-order valence-corrected chi connectivity index (χ1v) is 27.2. The molecule has 0 aromatic heterocycles. The summed E-state index contributed by atoms with van der Waals surface area (Å²) < 4.78 is 11.3. The highest BCUT2D eigenvalue weighted by atomic mass is 16.7. The van der Waals surface area contributed by atoms with Gasteiger partial charge in [0.15, 0.2) is 6.29 Å². The molecule has 1 saturated heterocycles. The Morgan fingerprint density at radius 3 is 1.15 bits per heavy atom. The fraction of sp³-hybridized carbons (Fsp3) is 0.981. The maximum Gasteiger partial charge on any atom is 0.220 e. The van der Waals surface area contributed by atoms with Crippen LogP contribution in [-0.2, 0) is 14.3 Å². The predicted molar refractivity (Wildman–Crippen MR) is 258 cm³/mol. The molecule has 0 bridgehead atoms. The van der Waals surface area contributed by atoms with Crippen LogP contribution in [-0.4, -0.2) is 87.5 Å².